The number of fused-ring (bicyclic) bond motifs is 3. The zero-order valence-electron chi connectivity index (χ0n) is 14.7. The minimum absolute atomic E-state index is 0.680. The summed E-state index contributed by atoms with van der Waals surface area (Å²) >= 11 is 1.85. The lowest BCUT2D eigenvalue weighted by molar-refractivity contribution is 0.181. The second-order valence-corrected chi connectivity index (χ2v) is 8.56. The lowest BCUT2D eigenvalue weighted by Gasteiger charge is -2.30. The topological polar surface area (TPSA) is 55.0 Å². The quantitative estimate of drug-likeness (QED) is 0.843. The molecule has 0 atom stereocenters. The molecule has 2 aromatic rings. The van der Waals surface area contributed by atoms with Crippen LogP contribution in [-0.4, -0.2) is 28.0 Å². The van der Waals surface area contributed by atoms with Crippen molar-refractivity contribution in [3.05, 3.63) is 16.3 Å². The molecule has 5 heteroatoms. The number of hydrogen-bond acceptors (Lipinski definition) is 5. The molecule has 0 radical (unpaired) electrons. The summed E-state index contributed by atoms with van der Waals surface area (Å²) in [4.78, 5) is 14.6. The Morgan fingerprint density at radius 1 is 1.04 bits per heavy atom. The lowest BCUT2D eigenvalue weighted by atomic mass is 9.94. The maximum absolute atomic E-state index is 6.37. The molecule has 4 nitrogen and oxygen atoms in total. The second kappa shape index (κ2) is 6.96. The van der Waals surface area contributed by atoms with E-state index in [0.29, 0.717) is 11.9 Å². The fraction of sp³-hybridized carbons (Fsp3) is 0.684. The van der Waals surface area contributed by atoms with E-state index in [2.05, 4.69) is 16.9 Å². The van der Waals surface area contributed by atoms with E-state index in [1.807, 2.05) is 11.3 Å². The third-order valence-corrected chi connectivity index (χ3v) is 6.91. The van der Waals surface area contributed by atoms with Gasteiger partial charge in [-0.05, 0) is 51.1 Å². The Balaban J connectivity index is 1.60. The molecule has 2 heterocycles. The van der Waals surface area contributed by atoms with Gasteiger partial charge in [-0.3, -0.25) is 4.90 Å². The van der Waals surface area contributed by atoms with Crippen LogP contribution in [0.2, 0.25) is 0 Å². The number of thiophene rings is 1. The Hall–Kier alpha value is -1.20. The standard InChI is InChI=1S/C19H28N4S/c1-23(13-8-4-2-5-9-13)12-16-21-18(20)17-14-10-6-3-7-11-15(14)24-19(17)22-16/h13H,2-12H2,1H3,(H2,20,21,22). The van der Waals surface area contributed by atoms with E-state index in [-0.39, 0.29) is 0 Å². The van der Waals surface area contributed by atoms with Crippen LogP contribution in [0.1, 0.15) is 67.6 Å². The predicted octanol–water partition coefficient (Wildman–Crippen LogP) is 4.31. The first kappa shape index (κ1) is 16.3. The molecule has 0 saturated heterocycles. The molecule has 130 valence electrons. The maximum atomic E-state index is 6.37. The van der Waals surface area contributed by atoms with Crippen molar-refractivity contribution in [3.8, 4) is 0 Å². The average Bonchev–Trinajstić information content (AvgIpc) is 2.78. The van der Waals surface area contributed by atoms with Crippen molar-refractivity contribution in [1.29, 1.82) is 0 Å². The predicted molar refractivity (Wildman–Crippen MR) is 101 cm³/mol. The van der Waals surface area contributed by atoms with Gasteiger partial charge in [-0.15, -0.1) is 11.3 Å². The summed E-state index contributed by atoms with van der Waals surface area (Å²) in [6, 6.07) is 0.680. The first-order valence-corrected chi connectivity index (χ1v) is 10.3. The summed E-state index contributed by atoms with van der Waals surface area (Å²) in [5.41, 5.74) is 7.81. The number of nitrogens with zero attached hydrogens (tertiary/aromatic N) is 3. The SMILES string of the molecule is CN(Cc1nc(N)c2c3c(sc2n1)CCCCC3)C1CCCCC1. The highest BCUT2D eigenvalue weighted by Gasteiger charge is 2.22. The number of nitrogen functional groups attached to an aromatic ring is 1. The zero-order valence-corrected chi connectivity index (χ0v) is 15.5. The van der Waals surface area contributed by atoms with Gasteiger partial charge in [0.1, 0.15) is 16.5 Å². The van der Waals surface area contributed by atoms with Crippen LogP contribution in [-0.2, 0) is 19.4 Å². The van der Waals surface area contributed by atoms with Gasteiger partial charge >= 0.3 is 0 Å². The van der Waals surface area contributed by atoms with Crippen molar-refractivity contribution in [2.45, 2.75) is 76.8 Å². The fourth-order valence-corrected chi connectivity index (χ4v) is 5.64. The Kier molecular flexibility index (Phi) is 4.72. The number of aromatic nitrogens is 2. The highest BCUT2D eigenvalue weighted by molar-refractivity contribution is 7.19. The van der Waals surface area contributed by atoms with E-state index in [1.165, 1.54) is 68.2 Å². The molecule has 1 fully saturated rings. The van der Waals surface area contributed by atoms with Crippen LogP contribution in [0, 0.1) is 0 Å². The molecule has 0 aliphatic heterocycles. The molecule has 2 aliphatic rings. The van der Waals surface area contributed by atoms with Crippen LogP contribution in [0.3, 0.4) is 0 Å². The first-order chi connectivity index (χ1) is 11.7. The maximum Gasteiger partial charge on any atom is 0.146 e. The molecule has 0 amide bonds. The number of rotatable bonds is 3. The highest BCUT2D eigenvalue weighted by atomic mass is 32.1. The summed E-state index contributed by atoms with van der Waals surface area (Å²) in [5, 5.41) is 1.15. The van der Waals surface area contributed by atoms with Gasteiger partial charge in [0.25, 0.3) is 0 Å². The molecule has 0 unspecified atom stereocenters. The van der Waals surface area contributed by atoms with E-state index >= 15 is 0 Å². The summed E-state index contributed by atoms with van der Waals surface area (Å²) in [6.07, 6.45) is 12.9. The van der Waals surface area contributed by atoms with Crippen molar-refractivity contribution in [3.63, 3.8) is 0 Å². The molecule has 0 aromatic carbocycles. The largest absolute Gasteiger partial charge is 0.383 e. The van der Waals surface area contributed by atoms with Gasteiger partial charge in [-0.1, -0.05) is 25.7 Å². The van der Waals surface area contributed by atoms with Gasteiger partial charge in [0, 0.05) is 10.9 Å². The highest BCUT2D eigenvalue weighted by Crippen LogP contribution is 2.37. The summed E-state index contributed by atoms with van der Waals surface area (Å²) in [5.74, 6) is 1.59. The van der Waals surface area contributed by atoms with Crippen molar-refractivity contribution >= 4 is 27.4 Å². The van der Waals surface area contributed by atoms with Gasteiger partial charge in [0.2, 0.25) is 0 Å². The van der Waals surface area contributed by atoms with E-state index in [4.69, 9.17) is 10.7 Å². The monoisotopic (exact) mass is 344 g/mol. The smallest absolute Gasteiger partial charge is 0.146 e. The van der Waals surface area contributed by atoms with Crippen molar-refractivity contribution < 1.29 is 0 Å². The van der Waals surface area contributed by atoms with Crippen LogP contribution in [0.15, 0.2) is 0 Å². The van der Waals surface area contributed by atoms with Crippen molar-refractivity contribution in [2.75, 3.05) is 12.8 Å². The molecule has 1 saturated carbocycles. The molecule has 0 spiro atoms. The zero-order chi connectivity index (χ0) is 16.5. The summed E-state index contributed by atoms with van der Waals surface area (Å²) < 4.78 is 0. The van der Waals surface area contributed by atoms with Crippen LogP contribution < -0.4 is 5.73 Å². The van der Waals surface area contributed by atoms with Gasteiger partial charge in [0.05, 0.1) is 11.9 Å². The van der Waals surface area contributed by atoms with Crippen molar-refractivity contribution in [1.82, 2.24) is 14.9 Å². The second-order valence-electron chi connectivity index (χ2n) is 7.48. The van der Waals surface area contributed by atoms with E-state index in [9.17, 15) is 0 Å². The van der Waals surface area contributed by atoms with Gasteiger partial charge in [-0.2, -0.15) is 0 Å². The molecular formula is C19H28N4S. The molecule has 2 aliphatic carbocycles. The fourth-order valence-electron chi connectivity index (χ4n) is 4.35. The third-order valence-electron chi connectivity index (χ3n) is 5.73. The van der Waals surface area contributed by atoms with Crippen LogP contribution in [0.4, 0.5) is 5.82 Å². The molecular weight excluding hydrogens is 316 g/mol. The van der Waals surface area contributed by atoms with E-state index in [1.54, 1.807) is 0 Å². The third kappa shape index (κ3) is 3.16. The lowest BCUT2D eigenvalue weighted by Crippen LogP contribution is -2.33. The Morgan fingerprint density at radius 3 is 2.62 bits per heavy atom. The van der Waals surface area contributed by atoms with Gasteiger partial charge in [-0.25, -0.2) is 9.97 Å². The number of anilines is 1. The Bertz CT molecular complexity index is 718. The number of hydrogen-bond donors (Lipinski definition) is 1. The van der Waals surface area contributed by atoms with Gasteiger partial charge in [0.15, 0.2) is 0 Å². The van der Waals surface area contributed by atoms with Crippen molar-refractivity contribution in [2.24, 2.45) is 0 Å². The molecule has 24 heavy (non-hydrogen) atoms. The molecule has 0 bridgehead atoms. The van der Waals surface area contributed by atoms with Crippen LogP contribution in [0.25, 0.3) is 10.2 Å². The molecule has 4 rings (SSSR count). The van der Waals surface area contributed by atoms with Crippen LogP contribution >= 0.6 is 11.3 Å². The van der Waals surface area contributed by atoms with Crippen LogP contribution in [0.5, 0.6) is 0 Å². The normalized spacial score (nSPS) is 19.6. The minimum atomic E-state index is 0.680. The summed E-state index contributed by atoms with van der Waals surface area (Å²) in [7, 11) is 2.21. The Labute approximate surface area is 148 Å². The van der Waals surface area contributed by atoms with E-state index < -0.39 is 0 Å². The number of aryl methyl sites for hydroxylation is 2. The molecule has 2 aromatic heterocycles. The number of nitrogens with two attached hydrogens (primary N) is 1. The Morgan fingerprint density at radius 2 is 1.79 bits per heavy atom. The molecule has 2 N–H and O–H groups in total. The minimum Gasteiger partial charge on any atom is -0.383 e. The van der Waals surface area contributed by atoms with Gasteiger partial charge < -0.3 is 5.73 Å². The average molecular weight is 345 g/mol. The van der Waals surface area contributed by atoms with E-state index in [0.717, 1.165) is 29.0 Å². The summed E-state index contributed by atoms with van der Waals surface area (Å²) in [6.45, 7) is 0.813. The first-order valence-electron chi connectivity index (χ1n) is 9.49.